The third kappa shape index (κ3) is 4.83. The number of nitrogens with one attached hydrogen (secondary N) is 1. The lowest BCUT2D eigenvalue weighted by molar-refractivity contribution is -0.138. The van der Waals surface area contributed by atoms with Gasteiger partial charge in [0, 0.05) is 11.4 Å². The Morgan fingerprint density at radius 2 is 2.55 bits per heavy atom. The molecule has 0 aromatic heterocycles. The van der Waals surface area contributed by atoms with Crippen LogP contribution in [0.3, 0.4) is 0 Å². The van der Waals surface area contributed by atoms with Gasteiger partial charge in [-0.2, -0.15) is 0 Å². The summed E-state index contributed by atoms with van der Waals surface area (Å²) in [6.07, 6.45) is 1.47. The molecule has 0 aromatic rings. The Hall–Kier alpha value is -0.520. The van der Waals surface area contributed by atoms with E-state index in [1.807, 2.05) is 0 Å². The first-order valence-corrected chi connectivity index (χ1v) is 4.38. The van der Waals surface area contributed by atoms with Crippen LogP contribution in [0.15, 0.2) is 12.7 Å². The van der Waals surface area contributed by atoms with Crippen molar-refractivity contribution in [1.82, 2.24) is 4.72 Å². The lowest BCUT2D eigenvalue weighted by atomic mass is 10.4. The average Bonchev–Trinajstić information content (AvgIpc) is 1.87. The maximum atomic E-state index is 10.8. The van der Waals surface area contributed by atoms with Crippen LogP contribution >= 0.6 is 0 Å². The summed E-state index contributed by atoms with van der Waals surface area (Å²) < 4.78 is 13.2. The van der Waals surface area contributed by atoms with E-state index in [4.69, 9.17) is 5.11 Å². The second-order valence-corrected chi connectivity index (χ2v) is 3.24. The zero-order chi connectivity index (χ0) is 8.85. The van der Waals surface area contributed by atoms with Crippen LogP contribution in [-0.2, 0) is 16.2 Å². The van der Waals surface area contributed by atoms with Crippen LogP contribution in [0, 0.1) is 0 Å². The maximum Gasteiger partial charge on any atom is 0.324 e. The van der Waals surface area contributed by atoms with Gasteiger partial charge in [0.15, 0.2) is 0 Å². The Kier molecular flexibility index (Phi) is 4.93. The minimum atomic E-state index is -1.32. The predicted molar refractivity (Wildman–Crippen MR) is 43.4 cm³/mol. The number of carboxylic acid groups (broad SMARTS) is 1. The van der Waals surface area contributed by atoms with E-state index < -0.39 is 23.4 Å². The molecule has 64 valence electrons. The van der Waals surface area contributed by atoms with Crippen LogP contribution < -0.4 is 4.72 Å². The summed E-state index contributed by atoms with van der Waals surface area (Å²) >= 11 is -1.32. The minimum absolute atomic E-state index is 0.262. The fourth-order valence-electron chi connectivity index (χ4n) is 0.403. The normalized spacial score (nSPS) is 15.5. The zero-order valence-electron chi connectivity index (χ0n) is 6.24. The number of carboxylic acids is 1. The van der Waals surface area contributed by atoms with Gasteiger partial charge in [0.05, 0.1) is 0 Å². The number of aliphatic carboxylic acids is 1. The first kappa shape index (κ1) is 10.5. The fourth-order valence-corrected chi connectivity index (χ4v) is 1.21. The second kappa shape index (κ2) is 5.17. The molecule has 0 aliphatic rings. The van der Waals surface area contributed by atoms with Crippen LogP contribution in [0.5, 0.6) is 0 Å². The molecular weight excluding hydrogens is 166 g/mol. The molecule has 2 atom stereocenters. The third-order valence-corrected chi connectivity index (χ3v) is 2.10. The van der Waals surface area contributed by atoms with Crippen molar-refractivity contribution in [3.05, 3.63) is 12.7 Å². The highest BCUT2D eigenvalue weighted by atomic mass is 32.2. The summed E-state index contributed by atoms with van der Waals surface area (Å²) in [6, 6.07) is -0.782. The van der Waals surface area contributed by atoms with Crippen molar-refractivity contribution >= 4 is 17.3 Å². The summed E-state index contributed by atoms with van der Waals surface area (Å²) in [5.41, 5.74) is 0. The molecule has 11 heavy (non-hydrogen) atoms. The van der Waals surface area contributed by atoms with Gasteiger partial charge in [0.2, 0.25) is 0 Å². The van der Waals surface area contributed by atoms with Gasteiger partial charge in [0.25, 0.3) is 0 Å². The van der Waals surface area contributed by atoms with E-state index in [0.717, 1.165) is 0 Å². The van der Waals surface area contributed by atoms with E-state index in [2.05, 4.69) is 11.3 Å². The molecule has 0 bridgehead atoms. The van der Waals surface area contributed by atoms with Crippen molar-refractivity contribution in [1.29, 1.82) is 0 Å². The molecule has 0 heterocycles. The Labute approximate surface area is 68.6 Å². The third-order valence-electron chi connectivity index (χ3n) is 0.948. The largest absolute Gasteiger partial charge is 0.598 e. The Morgan fingerprint density at radius 3 is 2.91 bits per heavy atom. The molecule has 4 nitrogen and oxygen atoms in total. The maximum absolute atomic E-state index is 10.8. The van der Waals surface area contributed by atoms with E-state index in [1.165, 1.54) is 13.0 Å². The number of rotatable bonds is 5. The molecule has 0 aromatic carbocycles. The summed E-state index contributed by atoms with van der Waals surface area (Å²) in [4.78, 5) is 10.2. The van der Waals surface area contributed by atoms with Crippen molar-refractivity contribution in [2.75, 3.05) is 5.75 Å². The van der Waals surface area contributed by atoms with Crippen molar-refractivity contribution in [2.24, 2.45) is 0 Å². The standard InChI is InChI=1S/C6H11NO3S/c1-3-4-11(10)7-5(2)6(8)9/h3,5,7H,1,4H2,2H3,(H,8,9)/t5-,11?/m0/s1. The zero-order valence-corrected chi connectivity index (χ0v) is 7.06. The molecule has 0 saturated heterocycles. The lowest BCUT2D eigenvalue weighted by Gasteiger charge is -2.11. The second-order valence-electron chi connectivity index (χ2n) is 1.98. The molecular formula is C6H11NO3S. The highest BCUT2D eigenvalue weighted by Gasteiger charge is 2.16. The van der Waals surface area contributed by atoms with Crippen molar-refractivity contribution in [3.63, 3.8) is 0 Å². The van der Waals surface area contributed by atoms with Gasteiger partial charge in [-0.1, -0.05) is 6.58 Å². The molecule has 2 N–H and O–H groups in total. The molecule has 0 fully saturated rings. The molecule has 1 unspecified atom stereocenters. The molecule has 0 aliphatic carbocycles. The first-order valence-electron chi connectivity index (χ1n) is 3.06. The van der Waals surface area contributed by atoms with E-state index in [0.29, 0.717) is 0 Å². The molecule has 5 heteroatoms. The highest BCUT2D eigenvalue weighted by molar-refractivity contribution is 7.89. The minimum Gasteiger partial charge on any atom is -0.598 e. The van der Waals surface area contributed by atoms with Gasteiger partial charge in [0.1, 0.15) is 11.8 Å². The van der Waals surface area contributed by atoms with E-state index >= 15 is 0 Å². The van der Waals surface area contributed by atoms with Crippen LogP contribution in [0.25, 0.3) is 0 Å². The van der Waals surface area contributed by atoms with Crippen LogP contribution in [-0.4, -0.2) is 27.4 Å². The first-order chi connectivity index (χ1) is 5.07. The molecule has 0 radical (unpaired) electrons. The Bertz CT molecular complexity index is 151. The number of carbonyl (C=O) groups is 1. The summed E-state index contributed by atoms with van der Waals surface area (Å²) in [5, 5.41) is 8.38. The molecule has 0 rings (SSSR count). The van der Waals surface area contributed by atoms with E-state index in [-0.39, 0.29) is 5.75 Å². The predicted octanol–water partition coefficient (Wildman–Crippen LogP) is -0.101. The van der Waals surface area contributed by atoms with Gasteiger partial charge >= 0.3 is 5.97 Å². The van der Waals surface area contributed by atoms with Crippen molar-refractivity contribution in [2.45, 2.75) is 13.0 Å². The van der Waals surface area contributed by atoms with Crippen LogP contribution in [0.2, 0.25) is 0 Å². The Morgan fingerprint density at radius 1 is 2.00 bits per heavy atom. The summed E-state index contributed by atoms with van der Waals surface area (Å²) in [6.45, 7) is 4.81. The van der Waals surface area contributed by atoms with Gasteiger partial charge in [-0.3, -0.25) is 4.79 Å². The molecule has 0 aliphatic heterocycles. The summed E-state index contributed by atoms with van der Waals surface area (Å²) in [7, 11) is 0. The molecule has 0 spiro atoms. The number of hydrogen-bond acceptors (Lipinski definition) is 3. The molecule has 0 amide bonds. The van der Waals surface area contributed by atoms with Gasteiger partial charge in [-0.25, -0.2) is 0 Å². The van der Waals surface area contributed by atoms with Gasteiger partial charge in [-0.05, 0) is 13.0 Å². The van der Waals surface area contributed by atoms with Crippen LogP contribution in [0.4, 0.5) is 0 Å². The Balaban J connectivity index is 3.64. The van der Waals surface area contributed by atoms with Gasteiger partial charge in [-0.15, -0.1) is 4.72 Å². The van der Waals surface area contributed by atoms with E-state index in [1.54, 1.807) is 0 Å². The lowest BCUT2D eigenvalue weighted by Crippen LogP contribution is -2.39. The van der Waals surface area contributed by atoms with E-state index in [9.17, 15) is 9.35 Å². The van der Waals surface area contributed by atoms with Crippen molar-refractivity contribution < 1.29 is 14.5 Å². The fraction of sp³-hybridized carbons (Fsp3) is 0.500. The monoisotopic (exact) mass is 177 g/mol. The summed E-state index contributed by atoms with van der Waals surface area (Å²) in [5.74, 6) is -0.750. The van der Waals surface area contributed by atoms with Crippen LogP contribution in [0.1, 0.15) is 6.92 Å². The SMILES string of the molecule is C=CC[S+]([O-])N[C@@H](C)C(=O)O. The average molecular weight is 177 g/mol. The van der Waals surface area contributed by atoms with Crippen molar-refractivity contribution in [3.8, 4) is 0 Å². The smallest absolute Gasteiger partial charge is 0.324 e. The topological polar surface area (TPSA) is 72.4 Å². The quantitative estimate of drug-likeness (QED) is 0.454. The van der Waals surface area contributed by atoms with Gasteiger partial charge < -0.3 is 9.66 Å². The molecule has 0 saturated carbocycles. The highest BCUT2D eigenvalue weighted by Crippen LogP contribution is 1.89. The number of hydrogen-bond donors (Lipinski definition) is 2.